The summed E-state index contributed by atoms with van der Waals surface area (Å²) < 4.78 is 6.64. The van der Waals surface area contributed by atoms with Gasteiger partial charge in [-0.2, -0.15) is 5.10 Å². The molecule has 0 bridgehead atoms. The summed E-state index contributed by atoms with van der Waals surface area (Å²) in [5.74, 6) is 0.696. The van der Waals surface area contributed by atoms with Crippen LogP contribution in [0.1, 0.15) is 21.7 Å². The molecule has 0 unspecified atom stereocenters. The number of nitrogens with one attached hydrogen (secondary N) is 1. The number of amides is 1. The minimum absolute atomic E-state index is 0.0304. The van der Waals surface area contributed by atoms with E-state index in [1.54, 1.807) is 43.3 Å². The molecule has 0 spiro atoms. The van der Waals surface area contributed by atoms with Gasteiger partial charge in [-0.15, -0.1) is 0 Å². The maximum absolute atomic E-state index is 12.0. The Morgan fingerprint density at radius 3 is 2.74 bits per heavy atom. The van der Waals surface area contributed by atoms with Crippen molar-refractivity contribution < 1.29 is 14.1 Å². The summed E-state index contributed by atoms with van der Waals surface area (Å²) in [5, 5.41) is 14.7. The maximum atomic E-state index is 12.0. The predicted octanol–water partition coefficient (Wildman–Crippen LogP) is 4.53. The number of benzene rings is 2. The number of hydrazone groups is 1. The van der Waals surface area contributed by atoms with Crippen LogP contribution in [-0.2, 0) is 0 Å². The molecule has 8 heteroatoms. The molecule has 0 fully saturated rings. The summed E-state index contributed by atoms with van der Waals surface area (Å²) in [6.45, 7) is 1.78. The fraction of sp³-hybridized carbons (Fsp3) is 0.0526. The lowest BCUT2D eigenvalue weighted by atomic mass is 10.1. The molecule has 0 radical (unpaired) electrons. The maximum Gasteiger partial charge on any atom is 0.271 e. The highest BCUT2D eigenvalue weighted by Crippen LogP contribution is 2.28. The van der Waals surface area contributed by atoms with Crippen molar-refractivity contribution in [2.75, 3.05) is 0 Å². The van der Waals surface area contributed by atoms with E-state index in [4.69, 9.17) is 4.42 Å². The molecule has 0 saturated carbocycles. The van der Waals surface area contributed by atoms with Crippen molar-refractivity contribution in [2.24, 2.45) is 5.10 Å². The monoisotopic (exact) mass is 475 g/mol. The first kappa shape index (κ1) is 18.8. The zero-order valence-corrected chi connectivity index (χ0v) is 16.3. The highest BCUT2D eigenvalue weighted by Gasteiger charge is 2.12. The molecule has 0 aliphatic heterocycles. The number of aryl methyl sites for hydroxylation is 1. The molecule has 1 heterocycles. The average molecular weight is 475 g/mol. The molecular formula is C19H14IN3O4. The van der Waals surface area contributed by atoms with Gasteiger partial charge in [0.2, 0.25) is 0 Å². The van der Waals surface area contributed by atoms with E-state index >= 15 is 0 Å². The second kappa shape index (κ2) is 8.12. The number of nitro benzene ring substituents is 1. The van der Waals surface area contributed by atoms with Crippen molar-refractivity contribution in [3.63, 3.8) is 0 Å². The fourth-order valence-corrected chi connectivity index (χ4v) is 3.00. The van der Waals surface area contributed by atoms with Crippen molar-refractivity contribution in [3.8, 4) is 11.3 Å². The summed E-state index contributed by atoms with van der Waals surface area (Å²) in [5.41, 5.74) is 4.48. The third-order valence-electron chi connectivity index (χ3n) is 3.76. The van der Waals surface area contributed by atoms with Gasteiger partial charge in [0.25, 0.3) is 11.6 Å². The Hall–Kier alpha value is -3.01. The highest BCUT2D eigenvalue weighted by molar-refractivity contribution is 14.1. The van der Waals surface area contributed by atoms with Crippen LogP contribution >= 0.6 is 22.6 Å². The number of hydrogen-bond donors (Lipinski definition) is 1. The molecule has 1 aromatic heterocycles. The molecule has 0 aliphatic carbocycles. The van der Waals surface area contributed by atoms with Crippen LogP contribution in [0, 0.1) is 20.6 Å². The highest BCUT2D eigenvalue weighted by atomic mass is 127. The number of carbonyl (C=O) groups excluding carboxylic acids is 1. The summed E-state index contributed by atoms with van der Waals surface area (Å²) in [6, 6.07) is 15.2. The quantitative estimate of drug-likeness (QED) is 0.254. The van der Waals surface area contributed by atoms with Crippen LogP contribution in [0.15, 0.2) is 64.1 Å². The second-order valence-electron chi connectivity index (χ2n) is 5.67. The molecule has 136 valence electrons. The summed E-state index contributed by atoms with van der Waals surface area (Å²) >= 11 is 2.13. The molecule has 1 N–H and O–H groups in total. The normalized spacial score (nSPS) is 10.9. The molecule has 1 amide bonds. The van der Waals surface area contributed by atoms with Crippen molar-refractivity contribution in [3.05, 3.63) is 85.2 Å². The second-order valence-corrected chi connectivity index (χ2v) is 6.91. The van der Waals surface area contributed by atoms with Crippen molar-refractivity contribution in [1.82, 2.24) is 5.43 Å². The number of nitrogens with zero attached hydrogens (tertiary/aromatic N) is 2. The van der Waals surface area contributed by atoms with Gasteiger partial charge in [0.1, 0.15) is 11.5 Å². The summed E-state index contributed by atoms with van der Waals surface area (Å²) in [6.07, 6.45) is 1.40. The van der Waals surface area contributed by atoms with Crippen LogP contribution in [0.4, 0.5) is 5.69 Å². The molecule has 0 aliphatic rings. The number of rotatable bonds is 5. The van der Waals surface area contributed by atoms with Crippen LogP contribution < -0.4 is 5.43 Å². The van der Waals surface area contributed by atoms with Crippen LogP contribution in [-0.4, -0.2) is 17.0 Å². The van der Waals surface area contributed by atoms with E-state index in [1.807, 2.05) is 6.07 Å². The Bertz CT molecular complexity index is 1040. The Balaban J connectivity index is 1.70. The van der Waals surface area contributed by atoms with Crippen LogP contribution in [0.2, 0.25) is 0 Å². The van der Waals surface area contributed by atoms with E-state index < -0.39 is 4.92 Å². The SMILES string of the molecule is Cc1cc([N+](=O)[O-])ccc1-c1ccc(/C=N\NC(=O)c2cccc(I)c2)o1. The summed E-state index contributed by atoms with van der Waals surface area (Å²) in [4.78, 5) is 22.4. The fourth-order valence-electron chi connectivity index (χ4n) is 2.45. The number of halogens is 1. The van der Waals surface area contributed by atoms with Gasteiger partial charge in [-0.25, -0.2) is 5.43 Å². The zero-order valence-electron chi connectivity index (χ0n) is 14.2. The lowest BCUT2D eigenvalue weighted by molar-refractivity contribution is -0.384. The molecular weight excluding hydrogens is 461 g/mol. The van der Waals surface area contributed by atoms with Gasteiger partial charge in [0, 0.05) is 26.8 Å². The molecule has 3 rings (SSSR count). The van der Waals surface area contributed by atoms with Crippen molar-refractivity contribution in [2.45, 2.75) is 6.92 Å². The van der Waals surface area contributed by atoms with Gasteiger partial charge in [-0.3, -0.25) is 14.9 Å². The van der Waals surface area contributed by atoms with Gasteiger partial charge >= 0.3 is 0 Å². The molecule has 0 saturated heterocycles. The van der Waals surface area contributed by atoms with Crippen molar-refractivity contribution >= 4 is 40.4 Å². The lowest BCUT2D eigenvalue weighted by Gasteiger charge is -2.02. The third-order valence-corrected chi connectivity index (χ3v) is 4.43. The molecule has 2 aromatic carbocycles. The lowest BCUT2D eigenvalue weighted by Crippen LogP contribution is -2.17. The smallest absolute Gasteiger partial charge is 0.271 e. The van der Waals surface area contributed by atoms with E-state index in [1.165, 1.54) is 18.3 Å². The van der Waals surface area contributed by atoms with Gasteiger partial charge in [0.05, 0.1) is 11.1 Å². The standard InChI is InChI=1S/C19H14IN3O4/c1-12-9-15(23(25)26)5-7-17(12)18-8-6-16(27-18)11-21-22-19(24)13-3-2-4-14(20)10-13/h2-11H,1H3,(H,22,24)/b21-11-. The van der Waals surface area contributed by atoms with Crippen LogP contribution in [0.25, 0.3) is 11.3 Å². The minimum atomic E-state index is -0.437. The van der Waals surface area contributed by atoms with Gasteiger partial charge in [-0.05, 0) is 71.5 Å². The Morgan fingerprint density at radius 2 is 2.04 bits per heavy atom. The molecule has 3 aromatic rings. The Morgan fingerprint density at radius 1 is 1.22 bits per heavy atom. The van der Waals surface area contributed by atoms with Crippen LogP contribution in [0.5, 0.6) is 0 Å². The Kier molecular flexibility index (Phi) is 5.65. The van der Waals surface area contributed by atoms with Gasteiger partial charge in [-0.1, -0.05) is 6.07 Å². The first-order valence-corrected chi connectivity index (χ1v) is 8.96. The van der Waals surface area contributed by atoms with Crippen molar-refractivity contribution in [1.29, 1.82) is 0 Å². The van der Waals surface area contributed by atoms with Gasteiger partial charge < -0.3 is 4.42 Å². The first-order valence-electron chi connectivity index (χ1n) is 7.88. The molecule has 27 heavy (non-hydrogen) atoms. The van der Waals surface area contributed by atoms with E-state index in [0.717, 1.165) is 14.7 Å². The van der Waals surface area contributed by atoms with Gasteiger partial charge in [0.15, 0.2) is 0 Å². The average Bonchev–Trinajstić information content (AvgIpc) is 3.10. The van der Waals surface area contributed by atoms with Crippen LogP contribution in [0.3, 0.4) is 0 Å². The van der Waals surface area contributed by atoms with E-state index in [-0.39, 0.29) is 11.6 Å². The number of nitro groups is 1. The minimum Gasteiger partial charge on any atom is -0.455 e. The third kappa shape index (κ3) is 4.59. The first-order chi connectivity index (χ1) is 12.9. The zero-order chi connectivity index (χ0) is 19.4. The Labute approximate surface area is 168 Å². The molecule has 0 atom stereocenters. The van der Waals surface area contributed by atoms with E-state index in [9.17, 15) is 14.9 Å². The number of hydrogen-bond acceptors (Lipinski definition) is 5. The largest absolute Gasteiger partial charge is 0.455 e. The summed E-state index contributed by atoms with van der Waals surface area (Å²) in [7, 11) is 0. The number of carbonyl (C=O) groups is 1. The van der Waals surface area contributed by atoms with E-state index in [2.05, 4.69) is 33.1 Å². The number of furan rings is 1. The topological polar surface area (TPSA) is 97.7 Å². The van der Waals surface area contributed by atoms with E-state index in [0.29, 0.717) is 17.1 Å². The number of non-ortho nitro benzene ring substituents is 1. The predicted molar refractivity (Wildman–Crippen MR) is 110 cm³/mol. The molecule has 7 nitrogen and oxygen atoms in total.